The van der Waals surface area contributed by atoms with Crippen molar-refractivity contribution in [2.45, 2.75) is 25.4 Å². The third-order valence-electron chi connectivity index (χ3n) is 3.87. The topological polar surface area (TPSA) is 58.6 Å². The van der Waals surface area contributed by atoms with E-state index in [1.165, 1.54) is 0 Å². The molecule has 1 fully saturated rings. The second-order valence-corrected chi connectivity index (χ2v) is 6.41. The first-order chi connectivity index (χ1) is 11.2. The summed E-state index contributed by atoms with van der Waals surface area (Å²) >= 11 is 1.59. The van der Waals surface area contributed by atoms with Gasteiger partial charge < -0.3 is 15.0 Å². The number of thiophene rings is 1. The van der Waals surface area contributed by atoms with Crippen LogP contribution in [0.2, 0.25) is 0 Å². The van der Waals surface area contributed by atoms with Crippen molar-refractivity contribution in [3.05, 3.63) is 46.7 Å². The number of carbonyl (C=O) groups is 2. The third-order valence-corrected chi connectivity index (χ3v) is 4.74. The van der Waals surface area contributed by atoms with E-state index in [4.69, 9.17) is 4.74 Å². The standard InChI is InChI=1S/C17H18N2O3S/c1-22-13-5-2-4-12(10-13)18-17(21)15-7-8-16(20)19(15)11-14-6-3-9-23-14/h2-6,9-10,15H,7-8,11H2,1H3,(H,18,21)/t15-/m0/s1. The number of hydrogen-bond acceptors (Lipinski definition) is 4. The van der Waals surface area contributed by atoms with Crippen LogP contribution in [-0.2, 0) is 16.1 Å². The Balaban J connectivity index is 1.71. The zero-order valence-corrected chi connectivity index (χ0v) is 13.6. The molecule has 1 aromatic heterocycles. The van der Waals surface area contributed by atoms with Crippen LogP contribution in [0.3, 0.4) is 0 Å². The molecule has 0 bridgehead atoms. The summed E-state index contributed by atoms with van der Waals surface area (Å²) in [6.45, 7) is 0.493. The Morgan fingerprint density at radius 3 is 3.00 bits per heavy atom. The Morgan fingerprint density at radius 1 is 1.39 bits per heavy atom. The number of anilines is 1. The maximum Gasteiger partial charge on any atom is 0.247 e. The van der Waals surface area contributed by atoms with Gasteiger partial charge in [0.25, 0.3) is 0 Å². The molecule has 0 aliphatic carbocycles. The van der Waals surface area contributed by atoms with E-state index in [1.807, 2.05) is 29.6 Å². The molecule has 3 rings (SSSR count). The summed E-state index contributed by atoms with van der Waals surface area (Å²) in [5, 5.41) is 4.85. The highest BCUT2D eigenvalue weighted by Crippen LogP contribution is 2.25. The molecule has 1 aromatic carbocycles. The number of rotatable bonds is 5. The lowest BCUT2D eigenvalue weighted by atomic mass is 10.2. The fourth-order valence-corrected chi connectivity index (χ4v) is 3.40. The van der Waals surface area contributed by atoms with Crippen LogP contribution in [0.4, 0.5) is 5.69 Å². The zero-order valence-electron chi connectivity index (χ0n) is 12.8. The van der Waals surface area contributed by atoms with Gasteiger partial charge in [-0.2, -0.15) is 0 Å². The average molecular weight is 330 g/mol. The molecule has 120 valence electrons. The van der Waals surface area contributed by atoms with Crippen LogP contribution in [0.25, 0.3) is 0 Å². The van der Waals surface area contributed by atoms with Crippen molar-refractivity contribution in [2.24, 2.45) is 0 Å². The first-order valence-electron chi connectivity index (χ1n) is 7.44. The molecule has 23 heavy (non-hydrogen) atoms. The number of likely N-dealkylation sites (tertiary alicyclic amines) is 1. The van der Waals surface area contributed by atoms with Gasteiger partial charge in [-0.25, -0.2) is 0 Å². The number of ether oxygens (including phenoxy) is 1. The van der Waals surface area contributed by atoms with Gasteiger partial charge >= 0.3 is 0 Å². The summed E-state index contributed by atoms with van der Waals surface area (Å²) in [7, 11) is 1.58. The normalized spacial score (nSPS) is 17.3. The van der Waals surface area contributed by atoms with E-state index in [-0.39, 0.29) is 11.8 Å². The van der Waals surface area contributed by atoms with Gasteiger partial charge in [0, 0.05) is 23.1 Å². The van der Waals surface area contributed by atoms with Crippen molar-refractivity contribution in [1.29, 1.82) is 0 Å². The first-order valence-corrected chi connectivity index (χ1v) is 8.32. The molecule has 1 atom stereocenters. The van der Waals surface area contributed by atoms with Crippen molar-refractivity contribution in [1.82, 2.24) is 4.90 Å². The molecule has 0 unspecified atom stereocenters. The molecule has 1 saturated heterocycles. The fourth-order valence-electron chi connectivity index (χ4n) is 2.70. The Labute approximate surface area is 138 Å². The van der Waals surface area contributed by atoms with Crippen molar-refractivity contribution >= 4 is 28.8 Å². The van der Waals surface area contributed by atoms with E-state index >= 15 is 0 Å². The Hall–Kier alpha value is -2.34. The number of nitrogens with zero attached hydrogens (tertiary/aromatic N) is 1. The van der Waals surface area contributed by atoms with Crippen molar-refractivity contribution < 1.29 is 14.3 Å². The van der Waals surface area contributed by atoms with Gasteiger partial charge in [0.1, 0.15) is 11.8 Å². The van der Waals surface area contributed by atoms with Gasteiger partial charge in [0.2, 0.25) is 11.8 Å². The van der Waals surface area contributed by atoms with Crippen molar-refractivity contribution in [3.8, 4) is 5.75 Å². The summed E-state index contributed by atoms with van der Waals surface area (Å²) in [6, 6.07) is 10.7. The van der Waals surface area contributed by atoms with E-state index in [0.29, 0.717) is 30.8 Å². The Morgan fingerprint density at radius 2 is 2.26 bits per heavy atom. The van der Waals surface area contributed by atoms with Crippen LogP contribution in [-0.4, -0.2) is 29.9 Å². The summed E-state index contributed by atoms with van der Waals surface area (Å²) in [5.41, 5.74) is 0.671. The molecule has 0 spiro atoms. The Kier molecular flexibility index (Phi) is 4.62. The van der Waals surface area contributed by atoms with Gasteiger partial charge in [-0.3, -0.25) is 9.59 Å². The van der Waals surface area contributed by atoms with Crippen LogP contribution >= 0.6 is 11.3 Å². The van der Waals surface area contributed by atoms with E-state index in [2.05, 4.69) is 5.32 Å². The second-order valence-electron chi connectivity index (χ2n) is 5.38. The lowest BCUT2D eigenvalue weighted by Crippen LogP contribution is -2.40. The number of hydrogen-bond donors (Lipinski definition) is 1. The number of methoxy groups -OCH3 is 1. The van der Waals surface area contributed by atoms with Crippen molar-refractivity contribution in [2.75, 3.05) is 12.4 Å². The quantitative estimate of drug-likeness (QED) is 0.917. The molecular formula is C17H18N2O3S. The van der Waals surface area contributed by atoms with Crippen LogP contribution in [0.5, 0.6) is 5.75 Å². The lowest BCUT2D eigenvalue weighted by Gasteiger charge is -2.23. The van der Waals surface area contributed by atoms with E-state index in [0.717, 1.165) is 4.88 Å². The predicted octanol–water partition coefficient (Wildman–Crippen LogP) is 2.89. The highest BCUT2D eigenvalue weighted by molar-refractivity contribution is 7.09. The molecule has 2 heterocycles. The number of benzene rings is 1. The monoisotopic (exact) mass is 330 g/mol. The second kappa shape index (κ2) is 6.83. The molecule has 1 aliphatic rings. The van der Waals surface area contributed by atoms with Gasteiger partial charge in [-0.05, 0) is 30.0 Å². The smallest absolute Gasteiger partial charge is 0.247 e. The number of carbonyl (C=O) groups excluding carboxylic acids is 2. The molecule has 5 nitrogen and oxygen atoms in total. The van der Waals surface area contributed by atoms with E-state index in [9.17, 15) is 9.59 Å². The van der Waals surface area contributed by atoms with Gasteiger partial charge in [-0.1, -0.05) is 12.1 Å². The first kappa shape index (κ1) is 15.6. The minimum Gasteiger partial charge on any atom is -0.497 e. The highest BCUT2D eigenvalue weighted by Gasteiger charge is 2.36. The number of amides is 2. The van der Waals surface area contributed by atoms with Crippen molar-refractivity contribution in [3.63, 3.8) is 0 Å². The summed E-state index contributed by atoms with van der Waals surface area (Å²) < 4.78 is 5.16. The summed E-state index contributed by atoms with van der Waals surface area (Å²) in [4.78, 5) is 27.4. The van der Waals surface area contributed by atoms with E-state index in [1.54, 1.807) is 35.5 Å². The molecule has 2 aromatic rings. The molecular weight excluding hydrogens is 312 g/mol. The van der Waals surface area contributed by atoms with Crippen LogP contribution in [0.15, 0.2) is 41.8 Å². The van der Waals surface area contributed by atoms with Crippen LogP contribution in [0, 0.1) is 0 Å². The van der Waals surface area contributed by atoms with Gasteiger partial charge in [0.05, 0.1) is 13.7 Å². The minimum atomic E-state index is -0.421. The SMILES string of the molecule is COc1cccc(NC(=O)[C@@H]2CCC(=O)N2Cc2cccs2)c1. The van der Waals surface area contributed by atoms with Crippen LogP contribution in [0.1, 0.15) is 17.7 Å². The molecule has 0 saturated carbocycles. The summed E-state index contributed by atoms with van der Waals surface area (Å²) in [6.07, 6.45) is 0.974. The van der Waals surface area contributed by atoms with E-state index < -0.39 is 6.04 Å². The maximum absolute atomic E-state index is 12.6. The maximum atomic E-state index is 12.6. The molecule has 1 N–H and O–H groups in total. The fraction of sp³-hybridized carbons (Fsp3) is 0.294. The minimum absolute atomic E-state index is 0.0317. The lowest BCUT2D eigenvalue weighted by molar-refractivity contribution is -0.133. The zero-order chi connectivity index (χ0) is 16.2. The molecule has 2 amide bonds. The Bertz CT molecular complexity index is 700. The number of nitrogens with one attached hydrogen (secondary N) is 1. The predicted molar refractivity (Wildman–Crippen MR) is 89.5 cm³/mol. The third kappa shape index (κ3) is 3.53. The van der Waals surface area contributed by atoms with Gasteiger partial charge in [-0.15, -0.1) is 11.3 Å². The average Bonchev–Trinajstić information content (AvgIpc) is 3.19. The molecule has 6 heteroatoms. The molecule has 1 aliphatic heterocycles. The van der Waals surface area contributed by atoms with Crippen LogP contribution < -0.4 is 10.1 Å². The molecule has 0 radical (unpaired) electrons. The largest absolute Gasteiger partial charge is 0.497 e. The summed E-state index contributed by atoms with van der Waals surface area (Å²) in [5.74, 6) is 0.561. The highest BCUT2D eigenvalue weighted by atomic mass is 32.1. The van der Waals surface area contributed by atoms with Gasteiger partial charge in [0.15, 0.2) is 0 Å².